The molecular weight excluding hydrogens is 235 g/mol. The molecule has 0 unspecified atom stereocenters. The highest BCUT2D eigenvalue weighted by Gasteiger charge is 2.23. The van der Waals surface area contributed by atoms with E-state index in [2.05, 4.69) is 5.32 Å². The Labute approximate surface area is 105 Å². The van der Waals surface area contributed by atoms with E-state index in [0.717, 1.165) is 19.3 Å². The number of piperidine rings is 1. The molecule has 96 valence electrons. The minimum Gasteiger partial charge on any atom is -0.334 e. The van der Waals surface area contributed by atoms with E-state index in [-0.39, 0.29) is 5.82 Å². The number of benzene rings is 1. The molecule has 1 aliphatic rings. The average molecular weight is 250 g/mol. The zero-order valence-corrected chi connectivity index (χ0v) is 9.99. The number of nitrogens with zero attached hydrogens (tertiary/aromatic N) is 1. The molecule has 0 spiro atoms. The van der Waals surface area contributed by atoms with Gasteiger partial charge in [-0.15, -0.1) is 0 Å². The van der Waals surface area contributed by atoms with Gasteiger partial charge < -0.3 is 10.2 Å². The van der Waals surface area contributed by atoms with Gasteiger partial charge in [0.05, 0.1) is 0 Å². The van der Waals surface area contributed by atoms with E-state index in [1.54, 1.807) is 4.90 Å². The largest absolute Gasteiger partial charge is 0.334 e. The summed E-state index contributed by atoms with van der Waals surface area (Å²) in [5, 5.41) is 2.47. The number of anilines is 1. The van der Waals surface area contributed by atoms with Crippen LogP contribution in [0.3, 0.4) is 0 Å². The van der Waals surface area contributed by atoms with Crippen molar-refractivity contribution in [3.05, 3.63) is 30.1 Å². The molecule has 0 atom stereocenters. The Morgan fingerprint density at radius 3 is 2.28 bits per heavy atom. The average Bonchev–Trinajstić information content (AvgIpc) is 2.41. The van der Waals surface area contributed by atoms with Crippen molar-refractivity contribution < 1.29 is 14.0 Å². The molecule has 1 heterocycles. The van der Waals surface area contributed by atoms with Crippen molar-refractivity contribution in [1.29, 1.82) is 0 Å². The maximum Gasteiger partial charge on any atom is 0.313 e. The first-order chi connectivity index (χ1) is 8.66. The molecule has 18 heavy (non-hydrogen) atoms. The van der Waals surface area contributed by atoms with Crippen LogP contribution in [0.1, 0.15) is 19.3 Å². The van der Waals surface area contributed by atoms with Crippen LogP contribution in [0.4, 0.5) is 10.1 Å². The fraction of sp³-hybridized carbons (Fsp3) is 0.385. The Morgan fingerprint density at radius 1 is 1.06 bits per heavy atom. The summed E-state index contributed by atoms with van der Waals surface area (Å²) in [5.74, 6) is -1.56. The van der Waals surface area contributed by atoms with Gasteiger partial charge in [-0.25, -0.2) is 4.39 Å². The third-order valence-electron chi connectivity index (χ3n) is 2.94. The van der Waals surface area contributed by atoms with Crippen molar-refractivity contribution in [2.24, 2.45) is 0 Å². The van der Waals surface area contributed by atoms with Crippen molar-refractivity contribution in [2.45, 2.75) is 19.3 Å². The Bertz CT molecular complexity index is 439. The van der Waals surface area contributed by atoms with Crippen molar-refractivity contribution >= 4 is 17.5 Å². The monoisotopic (exact) mass is 250 g/mol. The number of carbonyl (C=O) groups excluding carboxylic acids is 2. The van der Waals surface area contributed by atoms with Crippen molar-refractivity contribution in [3.63, 3.8) is 0 Å². The lowest BCUT2D eigenvalue weighted by Gasteiger charge is -2.25. The van der Waals surface area contributed by atoms with Gasteiger partial charge in [0.1, 0.15) is 5.82 Å². The summed E-state index contributed by atoms with van der Waals surface area (Å²) in [5.41, 5.74) is 0.423. The van der Waals surface area contributed by atoms with Gasteiger partial charge in [-0.1, -0.05) is 0 Å². The summed E-state index contributed by atoms with van der Waals surface area (Å²) < 4.78 is 12.7. The minimum atomic E-state index is -0.663. The van der Waals surface area contributed by atoms with Crippen LogP contribution < -0.4 is 5.32 Å². The standard InChI is InChI=1S/C13H15FN2O2/c14-10-4-6-11(7-5-10)15-12(17)13(18)16-8-2-1-3-9-16/h4-7H,1-3,8-9H2,(H,15,17). The summed E-state index contributed by atoms with van der Waals surface area (Å²) in [6.45, 7) is 1.27. The topological polar surface area (TPSA) is 49.4 Å². The van der Waals surface area contributed by atoms with Gasteiger partial charge in [0.2, 0.25) is 0 Å². The number of likely N-dealkylation sites (tertiary alicyclic amines) is 1. The van der Waals surface area contributed by atoms with Crippen LogP contribution in [-0.2, 0) is 9.59 Å². The SMILES string of the molecule is O=C(Nc1ccc(F)cc1)C(=O)N1CCCCC1. The van der Waals surface area contributed by atoms with Crippen LogP contribution in [0.2, 0.25) is 0 Å². The van der Waals surface area contributed by atoms with Crippen molar-refractivity contribution in [1.82, 2.24) is 4.90 Å². The normalized spacial score (nSPS) is 15.3. The second-order valence-corrected chi connectivity index (χ2v) is 4.31. The molecular formula is C13H15FN2O2. The van der Waals surface area contributed by atoms with Crippen molar-refractivity contribution in [2.75, 3.05) is 18.4 Å². The number of hydrogen-bond acceptors (Lipinski definition) is 2. The Balaban J connectivity index is 1.94. The lowest BCUT2D eigenvalue weighted by Crippen LogP contribution is -2.42. The molecule has 1 aromatic carbocycles. The molecule has 1 saturated heterocycles. The molecule has 0 radical (unpaired) electrons. The third-order valence-corrected chi connectivity index (χ3v) is 2.94. The van der Waals surface area contributed by atoms with E-state index >= 15 is 0 Å². The van der Waals surface area contributed by atoms with E-state index in [1.807, 2.05) is 0 Å². The fourth-order valence-corrected chi connectivity index (χ4v) is 1.96. The fourth-order valence-electron chi connectivity index (χ4n) is 1.96. The van der Waals surface area contributed by atoms with Crippen LogP contribution in [0.5, 0.6) is 0 Å². The van der Waals surface area contributed by atoms with Crippen LogP contribution >= 0.6 is 0 Å². The highest BCUT2D eigenvalue weighted by Crippen LogP contribution is 2.11. The van der Waals surface area contributed by atoms with Gasteiger partial charge in [-0.2, -0.15) is 0 Å². The van der Waals surface area contributed by atoms with Crippen LogP contribution in [-0.4, -0.2) is 29.8 Å². The quantitative estimate of drug-likeness (QED) is 0.772. The summed E-state index contributed by atoms with van der Waals surface area (Å²) >= 11 is 0. The number of halogens is 1. The molecule has 2 amide bonds. The van der Waals surface area contributed by atoms with Gasteiger partial charge in [0.15, 0.2) is 0 Å². The molecule has 1 aliphatic heterocycles. The molecule has 0 aromatic heterocycles. The molecule has 4 nitrogen and oxygen atoms in total. The lowest BCUT2D eigenvalue weighted by atomic mass is 10.1. The van der Waals surface area contributed by atoms with Crippen LogP contribution in [0.15, 0.2) is 24.3 Å². The first-order valence-corrected chi connectivity index (χ1v) is 6.02. The maximum atomic E-state index is 12.7. The van der Waals surface area contributed by atoms with Gasteiger partial charge in [-0.05, 0) is 43.5 Å². The number of nitrogens with one attached hydrogen (secondary N) is 1. The Kier molecular flexibility index (Phi) is 3.92. The molecule has 1 fully saturated rings. The minimum absolute atomic E-state index is 0.379. The Hall–Kier alpha value is -1.91. The van der Waals surface area contributed by atoms with Crippen LogP contribution in [0.25, 0.3) is 0 Å². The maximum absolute atomic E-state index is 12.7. The summed E-state index contributed by atoms with van der Waals surface area (Å²) in [4.78, 5) is 25.1. The second-order valence-electron chi connectivity index (χ2n) is 4.31. The van der Waals surface area contributed by atoms with E-state index in [1.165, 1.54) is 24.3 Å². The van der Waals surface area contributed by atoms with E-state index < -0.39 is 11.8 Å². The highest BCUT2D eigenvalue weighted by atomic mass is 19.1. The smallest absolute Gasteiger partial charge is 0.313 e. The predicted octanol–water partition coefficient (Wildman–Crippen LogP) is 1.78. The molecule has 5 heteroatoms. The molecule has 1 aromatic rings. The molecule has 2 rings (SSSR count). The third kappa shape index (κ3) is 3.06. The van der Waals surface area contributed by atoms with Crippen LogP contribution in [0, 0.1) is 5.82 Å². The first-order valence-electron chi connectivity index (χ1n) is 6.02. The van der Waals surface area contributed by atoms with E-state index in [0.29, 0.717) is 18.8 Å². The zero-order valence-electron chi connectivity index (χ0n) is 9.99. The number of hydrogen-bond donors (Lipinski definition) is 1. The number of rotatable bonds is 1. The number of amides is 2. The van der Waals surface area contributed by atoms with Gasteiger partial charge in [0.25, 0.3) is 0 Å². The molecule has 1 N–H and O–H groups in total. The number of carbonyl (C=O) groups is 2. The van der Waals surface area contributed by atoms with Gasteiger partial charge in [-0.3, -0.25) is 9.59 Å². The van der Waals surface area contributed by atoms with E-state index in [9.17, 15) is 14.0 Å². The van der Waals surface area contributed by atoms with Crippen molar-refractivity contribution in [3.8, 4) is 0 Å². The molecule has 0 aliphatic carbocycles. The summed E-state index contributed by atoms with van der Waals surface area (Å²) in [6, 6.07) is 5.33. The summed E-state index contributed by atoms with van der Waals surface area (Å²) in [6.07, 6.45) is 2.98. The first kappa shape index (κ1) is 12.5. The molecule has 0 saturated carbocycles. The zero-order chi connectivity index (χ0) is 13.0. The van der Waals surface area contributed by atoms with Gasteiger partial charge >= 0.3 is 11.8 Å². The Morgan fingerprint density at radius 2 is 1.67 bits per heavy atom. The predicted molar refractivity (Wildman–Crippen MR) is 65.5 cm³/mol. The molecule has 0 bridgehead atoms. The lowest BCUT2D eigenvalue weighted by molar-refractivity contribution is -0.143. The highest BCUT2D eigenvalue weighted by molar-refractivity contribution is 6.39. The summed E-state index contributed by atoms with van der Waals surface area (Å²) in [7, 11) is 0. The van der Waals surface area contributed by atoms with Gasteiger partial charge in [0, 0.05) is 18.8 Å². The van der Waals surface area contributed by atoms with E-state index in [4.69, 9.17) is 0 Å². The second kappa shape index (κ2) is 5.62.